The number of rotatable bonds is 4. The molecule has 0 bridgehead atoms. The minimum Gasteiger partial charge on any atom is -0.349 e. The highest BCUT2D eigenvalue weighted by Gasteiger charge is 2.36. The molecule has 1 fully saturated rings. The van der Waals surface area contributed by atoms with Crippen molar-refractivity contribution in [2.24, 2.45) is 5.92 Å². The Hall–Kier alpha value is -2.99. The van der Waals surface area contributed by atoms with Crippen molar-refractivity contribution in [1.82, 2.24) is 15.5 Å². The van der Waals surface area contributed by atoms with E-state index >= 15 is 0 Å². The Bertz CT molecular complexity index is 926. The third-order valence-corrected chi connectivity index (χ3v) is 5.52. The van der Waals surface area contributed by atoms with E-state index in [1.807, 2.05) is 30.3 Å². The highest BCUT2D eigenvalue weighted by molar-refractivity contribution is 6.22. The molecular formula is C22H23N3O3. The van der Waals surface area contributed by atoms with E-state index in [0.29, 0.717) is 22.6 Å². The van der Waals surface area contributed by atoms with Crippen LogP contribution in [-0.2, 0) is 6.54 Å². The molecule has 0 spiro atoms. The number of carbonyl (C=O) groups excluding carboxylic acids is 3. The fourth-order valence-electron chi connectivity index (χ4n) is 3.82. The minimum absolute atomic E-state index is 0.105. The quantitative estimate of drug-likeness (QED) is 0.801. The Labute approximate surface area is 163 Å². The summed E-state index contributed by atoms with van der Waals surface area (Å²) >= 11 is 0. The SMILES string of the molecule is CC1CNCCC1NC(=O)c1ccc2c(c1)C(=O)N(Cc1ccccc1)C2=O. The van der Waals surface area contributed by atoms with Crippen LogP contribution < -0.4 is 10.6 Å². The Morgan fingerprint density at radius 2 is 1.86 bits per heavy atom. The van der Waals surface area contributed by atoms with Crippen LogP contribution in [0.3, 0.4) is 0 Å². The molecule has 28 heavy (non-hydrogen) atoms. The first-order valence-electron chi connectivity index (χ1n) is 9.60. The standard InChI is InChI=1S/C22H23N3O3/c1-14-12-23-10-9-19(14)24-20(26)16-7-8-17-18(11-16)22(28)25(21(17)27)13-15-5-3-2-4-6-15/h2-8,11,14,19,23H,9-10,12-13H2,1H3,(H,24,26). The summed E-state index contributed by atoms with van der Waals surface area (Å²) in [5, 5.41) is 6.37. The maximum absolute atomic E-state index is 12.8. The molecule has 2 N–H and O–H groups in total. The van der Waals surface area contributed by atoms with Gasteiger partial charge in [0.2, 0.25) is 0 Å². The third kappa shape index (κ3) is 3.43. The highest BCUT2D eigenvalue weighted by Crippen LogP contribution is 2.26. The topological polar surface area (TPSA) is 78.5 Å². The van der Waals surface area contributed by atoms with E-state index in [1.165, 1.54) is 4.90 Å². The van der Waals surface area contributed by atoms with E-state index in [-0.39, 0.29) is 30.3 Å². The van der Waals surface area contributed by atoms with E-state index in [4.69, 9.17) is 0 Å². The lowest BCUT2D eigenvalue weighted by molar-refractivity contribution is 0.0642. The number of hydrogen-bond acceptors (Lipinski definition) is 4. The first-order chi connectivity index (χ1) is 13.5. The van der Waals surface area contributed by atoms with Crippen LogP contribution in [0.4, 0.5) is 0 Å². The zero-order valence-electron chi connectivity index (χ0n) is 15.8. The molecule has 4 rings (SSSR count). The summed E-state index contributed by atoms with van der Waals surface area (Å²) in [5.74, 6) is -0.531. The second-order valence-electron chi connectivity index (χ2n) is 7.49. The lowest BCUT2D eigenvalue weighted by Crippen LogP contribution is -2.48. The molecule has 0 radical (unpaired) electrons. The van der Waals surface area contributed by atoms with Gasteiger partial charge in [-0.15, -0.1) is 0 Å². The Morgan fingerprint density at radius 3 is 2.61 bits per heavy atom. The summed E-state index contributed by atoms with van der Waals surface area (Å²) in [6, 6.07) is 14.2. The van der Waals surface area contributed by atoms with Gasteiger partial charge in [0.25, 0.3) is 17.7 Å². The van der Waals surface area contributed by atoms with Crippen molar-refractivity contribution < 1.29 is 14.4 Å². The van der Waals surface area contributed by atoms with Crippen molar-refractivity contribution in [1.29, 1.82) is 0 Å². The summed E-state index contributed by atoms with van der Waals surface area (Å²) in [7, 11) is 0. The minimum atomic E-state index is -0.353. The molecule has 0 saturated carbocycles. The van der Waals surface area contributed by atoms with Gasteiger partial charge in [0.1, 0.15) is 0 Å². The Balaban J connectivity index is 1.52. The Kier molecular flexibility index (Phi) is 4.96. The smallest absolute Gasteiger partial charge is 0.261 e. The molecule has 2 atom stereocenters. The van der Waals surface area contributed by atoms with Crippen molar-refractivity contribution in [2.75, 3.05) is 13.1 Å². The van der Waals surface area contributed by atoms with Crippen LogP contribution >= 0.6 is 0 Å². The summed E-state index contributed by atoms with van der Waals surface area (Å²) in [6.07, 6.45) is 0.875. The van der Waals surface area contributed by atoms with E-state index in [2.05, 4.69) is 17.6 Å². The van der Waals surface area contributed by atoms with Gasteiger partial charge in [0.15, 0.2) is 0 Å². The number of benzene rings is 2. The number of nitrogens with one attached hydrogen (secondary N) is 2. The van der Waals surface area contributed by atoms with Crippen molar-refractivity contribution >= 4 is 17.7 Å². The predicted molar refractivity (Wildman–Crippen MR) is 105 cm³/mol. The molecular weight excluding hydrogens is 354 g/mol. The van der Waals surface area contributed by atoms with Gasteiger partial charge in [-0.25, -0.2) is 0 Å². The summed E-state index contributed by atoms with van der Waals surface area (Å²) in [5.41, 5.74) is 1.95. The maximum Gasteiger partial charge on any atom is 0.261 e. The van der Waals surface area contributed by atoms with Gasteiger partial charge < -0.3 is 10.6 Å². The number of nitrogens with zero attached hydrogens (tertiary/aromatic N) is 1. The van der Waals surface area contributed by atoms with Gasteiger partial charge in [0.05, 0.1) is 17.7 Å². The molecule has 2 aromatic carbocycles. The molecule has 6 nitrogen and oxygen atoms in total. The van der Waals surface area contributed by atoms with Crippen molar-refractivity contribution in [3.63, 3.8) is 0 Å². The van der Waals surface area contributed by atoms with Crippen LogP contribution in [0, 0.1) is 5.92 Å². The second-order valence-corrected chi connectivity index (χ2v) is 7.49. The van der Waals surface area contributed by atoms with Crippen molar-refractivity contribution in [3.05, 3.63) is 70.8 Å². The molecule has 2 heterocycles. The predicted octanol–water partition coefficient (Wildman–Crippen LogP) is 2.21. The molecule has 2 unspecified atom stereocenters. The molecule has 0 aliphatic carbocycles. The number of hydrogen-bond donors (Lipinski definition) is 2. The van der Waals surface area contributed by atoms with Crippen LogP contribution in [0.15, 0.2) is 48.5 Å². The lowest BCUT2D eigenvalue weighted by atomic mass is 9.95. The fourth-order valence-corrected chi connectivity index (χ4v) is 3.82. The molecule has 0 aromatic heterocycles. The van der Waals surface area contributed by atoms with E-state index in [0.717, 1.165) is 25.1 Å². The van der Waals surface area contributed by atoms with Crippen LogP contribution in [0.25, 0.3) is 0 Å². The number of amides is 3. The zero-order valence-corrected chi connectivity index (χ0v) is 15.8. The van der Waals surface area contributed by atoms with Gasteiger partial charge in [-0.2, -0.15) is 0 Å². The summed E-state index contributed by atoms with van der Waals surface area (Å²) in [4.78, 5) is 39.4. The van der Waals surface area contributed by atoms with Gasteiger partial charge in [0, 0.05) is 11.6 Å². The fraction of sp³-hybridized carbons (Fsp3) is 0.318. The molecule has 3 amide bonds. The van der Waals surface area contributed by atoms with Crippen LogP contribution in [0.2, 0.25) is 0 Å². The van der Waals surface area contributed by atoms with E-state index < -0.39 is 0 Å². The van der Waals surface area contributed by atoms with Crippen molar-refractivity contribution in [2.45, 2.75) is 25.9 Å². The first-order valence-corrected chi connectivity index (χ1v) is 9.60. The van der Waals surface area contributed by atoms with Gasteiger partial charge in [-0.05, 0) is 49.2 Å². The lowest BCUT2D eigenvalue weighted by Gasteiger charge is -2.30. The molecule has 2 aliphatic rings. The molecule has 6 heteroatoms. The third-order valence-electron chi connectivity index (χ3n) is 5.52. The molecule has 1 saturated heterocycles. The molecule has 2 aliphatic heterocycles. The van der Waals surface area contributed by atoms with Gasteiger partial charge in [-0.3, -0.25) is 19.3 Å². The average Bonchev–Trinajstić information content (AvgIpc) is 2.95. The largest absolute Gasteiger partial charge is 0.349 e. The maximum atomic E-state index is 12.8. The Morgan fingerprint density at radius 1 is 1.11 bits per heavy atom. The number of fused-ring (bicyclic) bond motifs is 1. The monoisotopic (exact) mass is 377 g/mol. The van der Waals surface area contributed by atoms with E-state index in [9.17, 15) is 14.4 Å². The second kappa shape index (κ2) is 7.56. The molecule has 144 valence electrons. The van der Waals surface area contributed by atoms with Crippen molar-refractivity contribution in [3.8, 4) is 0 Å². The van der Waals surface area contributed by atoms with Crippen LogP contribution in [0.1, 0.15) is 50.0 Å². The first kappa shape index (κ1) is 18.4. The molecule has 2 aromatic rings. The number of piperidine rings is 1. The average molecular weight is 377 g/mol. The highest BCUT2D eigenvalue weighted by atomic mass is 16.2. The van der Waals surface area contributed by atoms with Crippen LogP contribution in [0.5, 0.6) is 0 Å². The van der Waals surface area contributed by atoms with Gasteiger partial charge in [-0.1, -0.05) is 37.3 Å². The summed E-state index contributed by atoms with van der Waals surface area (Å²) in [6.45, 7) is 4.07. The van der Waals surface area contributed by atoms with E-state index in [1.54, 1.807) is 18.2 Å². The number of imide groups is 1. The van der Waals surface area contributed by atoms with Crippen LogP contribution in [-0.4, -0.2) is 41.8 Å². The zero-order chi connectivity index (χ0) is 19.7. The number of carbonyl (C=O) groups is 3. The van der Waals surface area contributed by atoms with Gasteiger partial charge >= 0.3 is 0 Å². The summed E-state index contributed by atoms with van der Waals surface area (Å²) < 4.78 is 0. The normalized spacial score (nSPS) is 21.5.